The number of nitrogens with zero attached hydrogens (tertiary/aromatic N) is 2. The Hall–Kier alpha value is -1.97. The van der Waals surface area contributed by atoms with Crippen LogP contribution in [0.2, 0.25) is 0 Å². The van der Waals surface area contributed by atoms with Crippen LogP contribution in [0.5, 0.6) is 11.5 Å². The molecule has 0 saturated heterocycles. The van der Waals surface area contributed by atoms with Crippen molar-refractivity contribution in [3.63, 3.8) is 0 Å². The first kappa shape index (κ1) is 9.58. The van der Waals surface area contributed by atoms with Crippen molar-refractivity contribution in [1.82, 2.24) is 9.97 Å². The zero-order valence-electron chi connectivity index (χ0n) is 8.14. The molecule has 2 rings (SSSR count). The predicted octanol–water partition coefficient (Wildman–Crippen LogP) is 2.72. The Morgan fingerprint density at radius 3 is 2.80 bits per heavy atom. The largest absolute Gasteiger partial charge is 0.455 e. The lowest BCUT2D eigenvalue weighted by molar-refractivity contribution is 0.466. The normalized spacial score (nSPS) is 10.0. The third kappa shape index (κ3) is 2.28. The minimum absolute atomic E-state index is 0.415. The van der Waals surface area contributed by atoms with Gasteiger partial charge in [-0.1, -0.05) is 0 Å². The minimum atomic E-state index is -0.561. The quantitative estimate of drug-likeness (QED) is 0.705. The van der Waals surface area contributed by atoms with E-state index in [9.17, 15) is 4.39 Å². The smallest absolute Gasteiger partial charge is 0.216 e. The lowest BCUT2D eigenvalue weighted by Crippen LogP contribution is -1.90. The molecule has 0 aliphatic rings. The molecule has 0 radical (unpaired) electrons. The highest BCUT2D eigenvalue weighted by Gasteiger charge is 2.02. The van der Waals surface area contributed by atoms with Gasteiger partial charge in [0.05, 0.1) is 5.69 Å². The second kappa shape index (κ2) is 4.04. The van der Waals surface area contributed by atoms with Gasteiger partial charge in [0, 0.05) is 18.5 Å². The van der Waals surface area contributed by atoms with Gasteiger partial charge < -0.3 is 4.74 Å². The van der Waals surface area contributed by atoms with Gasteiger partial charge in [0.15, 0.2) is 0 Å². The molecule has 2 aromatic heterocycles. The van der Waals surface area contributed by atoms with Crippen molar-refractivity contribution in [2.24, 2.45) is 0 Å². The first-order valence-electron chi connectivity index (χ1n) is 4.47. The molecule has 4 heteroatoms. The minimum Gasteiger partial charge on any atom is -0.455 e. The molecule has 0 saturated carbocycles. The Morgan fingerprint density at radius 1 is 1.20 bits per heavy atom. The number of rotatable bonds is 2. The van der Waals surface area contributed by atoms with Crippen LogP contribution in [-0.2, 0) is 0 Å². The van der Waals surface area contributed by atoms with E-state index in [1.807, 2.05) is 6.92 Å². The Balaban J connectivity index is 2.26. The van der Waals surface area contributed by atoms with Gasteiger partial charge in [-0.3, -0.25) is 4.98 Å². The molecule has 0 atom stereocenters. The van der Waals surface area contributed by atoms with Gasteiger partial charge in [-0.05, 0) is 25.1 Å². The highest BCUT2D eigenvalue weighted by Crippen LogP contribution is 2.22. The van der Waals surface area contributed by atoms with Crippen molar-refractivity contribution in [3.05, 3.63) is 48.3 Å². The van der Waals surface area contributed by atoms with Crippen LogP contribution in [0.1, 0.15) is 5.69 Å². The number of aryl methyl sites for hydroxylation is 1. The zero-order chi connectivity index (χ0) is 10.7. The lowest BCUT2D eigenvalue weighted by atomic mass is 10.3. The van der Waals surface area contributed by atoms with Crippen LogP contribution < -0.4 is 4.74 Å². The van der Waals surface area contributed by atoms with Crippen LogP contribution in [0.15, 0.2) is 36.7 Å². The van der Waals surface area contributed by atoms with E-state index < -0.39 is 5.95 Å². The van der Waals surface area contributed by atoms with Gasteiger partial charge >= 0.3 is 0 Å². The molecule has 0 amide bonds. The van der Waals surface area contributed by atoms with Crippen molar-refractivity contribution < 1.29 is 9.13 Å². The lowest BCUT2D eigenvalue weighted by Gasteiger charge is -2.06. The summed E-state index contributed by atoms with van der Waals surface area (Å²) < 4.78 is 18.2. The molecule has 0 aromatic carbocycles. The van der Waals surface area contributed by atoms with E-state index in [0.29, 0.717) is 11.5 Å². The number of hydrogen-bond acceptors (Lipinski definition) is 3. The van der Waals surface area contributed by atoms with Gasteiger partial charge in [-0.25, -0.2) is 4.98 Å². The van der Waals surface area contributed by atoms with E-state index in [-0.39, 0.29) is 0 Å². The first-order valence-corrected chi connectivity index (χ1v) is 4.47. The average Bonchev–Trinajstić information content (AvgIpc) is 2.22. The molecule has 0 aliphatic heterocycles. The number of hydrogen-bond donors (Lipinski definition) is 0. The predicted molar refractivity (Wildman–Crippen MR) is 53.2 cm³/mol. The van der Waals surface area contributed by atoms with E-state index in [4.69, 9.17) is 4.74 Å². The number of ether oxygens (including phenoxy) is 1. The van der Waals surface area contributed by atoms with Gasteiger partial charge in [-0.2, -0.15) is 4.39 Å². The number of aromatic nitrogens is 2. The standard InChI is InChI=1S/C11H9FN2O/c1-8-10(3-2-5-13-8)15-9-4-6-14-11(12)7-9/h2-7H,1H3. The van der Waals surface area contributed by atoms with Crippen molar-refractivity contribution in [1.29, 1.82) is 0 Å². The molecule has 0 N–H and O–H groups in total. The molecule has 0 aliphatic carbocycles. The Bertz CT molecular complexity index is 474. The molecule has 0 spiro atoms. The Kier molecular flexibility index (Phi) is 2.58. The summed E-state index contributed by atoms with van der Waals surface area (Å²) in [7, 11) is 0. The first-order chi connectivity index (χ1) is 7.25. The molecule has 3 nitrogen and oxygen atoms in total. The molecule has 0 bridgehead atoms. The highest BCUT2D eigenvalue weighted by atomic mass is 19.1. The Morgan fingerprint density at radius 2 is 2.07 bits per heavy atom. The fourth-order valence-corrected chi connectivity index (χ4v) is 1.15. The maximum atomic E-state index is 12.8. The van der Waals surface area contributed by atoms with Crippen LogP contribution in [0.25, 0.3) is 0 Å². The van der Waals surface area contributed by atoms with Gasteiger partial charge in [0.1, 0.15) is 11.5 Å². The highest BCUT2D eigenvalue weighted by molar-refractivity contribution is 5.32. The number of halogens is 1. The summed E-state index contributed by atoms with van der Waals surface area (Å²) in [6.45, 7) is 1.83. The van der Waals surface area contributed by atoms with Gasteiger partial charge in [0.2, 0.25) is 5.95 Å². The van der Waals surface area contributed by atoms with Crippen molar-refractivity contribution in [2.45, 2.75) is 6.92 Å². The van der Waals surface area contributed by atoms with Crippen LogP contribution >= 0.6 is 0 Å². The van der Waals surface area contributed by atoms with E-state index in [1.165, 1.54) is 12.3 Å². The fraction of sp³-hybridized carbons (Fsp3) is 0.0909. The summed E-state index contributed by atoms with van der Waals surface area (Å²) in [6.07, 6.45) is 3.03. The second-order valence-corrected chi connectivity index (χ2v) is 3.00. The summed E-state index contributed by atoms with van der Waals surface area (Å²) in [5, 5.41) is 0. The summed E-state index contributed by atoms with van der Waals surface area (Å²) in [4.78, 5) is 7.50. The van der Waals surface area contributed by atoms with Crippen molar-refractivity contribution in [3.8, 4) is 11.5 Å². The molecule has 0 unspecified atom stereocenters. The van der Waals surface area contributed by atoms with E-state index in [0.717, 1.165) is 5.69 Å². The molecule has 2 aromatic rings. The third-order valence-electron chi connectivity index (χ3n) is 1.88. The van der Waals surface area contributed by atoms with Crippen molar-refractivity contribution in [2.75, 3.05) is 0 Å². The van der Waals surface area contributed by atoms with E-state index >= 15 is 0 Å². The van der Waals surface area contributed by atoms with Crippen LogP contribution in [0.3, 0.4) is 0 Å². The topological polar surface area (TPSA) is 35.0 Å². The zero-order valence-corrected chi connectivity index (χ0v) is 8.14. The molecule has 76 valence electrons. The van der Waals surface area contributed by atoms with Gasteiger partial charge in [0.25, 0.3) is 0 Å². The monoisotopic (exact) mass is 204 g/mol. The van der Waals surface area contributed by atoms with E-state index in [2.05, 4.69) is 9.97 Å². The maximum Gasteiger partial charge on any atom is 0.216 e. The summed E-state index contributed by atoms with van der Waals surface area (Å²) >= 11 is 0. The molecule has 2 heterocycles. The van der Waals surface area contributed by atoms with Crippen molar-refractivity contribution >= 4 is 0 Å². The summed E-state index contributed by atoms with van der Waals surface area (Å²) in [6, 6.07) is 6.36. The molecular formula is C11H9FN2O. The average molecular weight is 204 g/mol. The van der Waals surface area contributed by atoms with Crippen LogP contribution in [-0.4, -0.2) is 9.97 Å². The summed E-state index contributed by atoms with van der Waals surface area (Å²) in [5.41, 5.74) is 0.759. The SMILES string of the molecule is Cc1ncccc1Oc1ccnc(F)c1. The van der Waals surface area contributed by atoms with Crippen LogP contribution in [0, 0.1) is 12.9 Å². The van der Waals surface area contributed by atoms with Gasteiger partial charge in [-0.15, -0.1) is 0 Å². The van der Waals surface area contributed by atoms with E-state index in [1.54, 1.807) is 24.4 Å². The second-order valence-electron chi connectivity index (χ2n) is 3.00. The van der Waals surface area contributed by atoms with Crippen LogP contribution in [0.4, 0.5) is 4.39 Å². The Labute approximate surface area is 86.6 Å². The molecular weight excluding hydrogens is 195 g/mol. The molecule has 0 fully saturated rings. The molecule has 15 heavy (non-hydrogen) atoms. The maximum absolute atomic E-state index is 12.8. The summed E-state index contributed by atoms with van der Waals surface area (Å²) in [5.74, 6) is 0.468. The third-order valence-corrected chi connectivity index (χ3v) is 1.88. The fourth-order valence-electron chi connectivity index (χ4n) is 1.15. The number of pyridine rings is 2.